The highest BCUT2D eigenvalue weighted by Crippen LogP contribution is 2.21. The van der Waals surface area contributed by atoms with Crippen molar-refractivity contribution in [3.05, 3.63) is 45.9 Å². The monoisotopic (exact) mass is 290 g/mol. The van der Waals surface area contributed by atoms with E-state index in [1.807, 2.05) is 12.3 Å². The van der Waals surface area contributed by atoms with Gasteiger partial charge in [0, 0.05) is 18.1 Å². The number of pyridine rings is 1. The molecule has 0 aliphatic rings. The van der Waals surface area contributed by atoms with Crippen LogP contribution in [0, 0.1) is 6.92 Å². The predicted molar refractivity (Wildman–Crippen MR) is 80.3 cm³/mol. The van der Waals surface area contributed by atoms with Crippen molar-refractivity contribution in [2.45, 2.75) is 20.4 Å². The zero-order valence-electron chi connectivity index (χ0n) is 11.9. The quantitative estimate of drug-likeness (QED) is 0.849. The van der Waals surface area contributed by atoms with Crippen LogP contribution in [-0.2, 0) is 6.54 Å². The second-order valence-electron chi connectivity index (χ2n) is 4.47. The lowest BCUT2D eigenvalue weighted by molar-refractivity contribution is 0.0776. The molecule has 0 saturated carbocycles. The zero-order chi connectivity index (χ0) is 14.5. The minimum atomic E-state index is -0.123. The number of hydrogen-bond donors (Lipinski definition) is 0. The van der Waals surface area contributed by atoms with Crippen LogP contribution in [0.25, 0.3) is 0 Å². The second kappa shape index (κ2) is 6.52. The third-order valence-electron chi connectivity index (χ3n) is 2.97. The van der Waals surface area contributed by atoms with Crippen LogP contribution in [0.4, 0.5) is 0 Å². The van der Waals surface area contributed by atoms with Crippen LogP contribution >= 0.6 is 11.3 Å². The third kappa shape index (κ3) is 3.17. The van der Waals surface area contributed by atoms with Crippen LogP contribution in [0.3, 0.4) is 0 Å². The average molecular weight is 290 g/mol. The summed E-state index contributed by atoms with van der Waals surface area (Å²) in [7, 11) is 1.78. The minimum Gasteiger partial charge on any atom is -0.491 e. The maximum atomic E-state index is 12.5. The van der Waals surface area contributed by atoms with Gasteiger partial charge in [-0.05, 0) is 43.0 Å². The first-order chi connectivity index (χ1) is 9.63. The SMILES string of the molecule is CCOc1cccnc1C(=O)N(C)Cc1sccc1C. The molecule has 20 heavy (non-hydrogen) atoms. The molecular weight excluding hydrogens is 272 g/mol. The van der Waals surface area contributed by atoms with Crippen LogP contribution in [-0.4, -0.2) is 29.4 Å². The Hall–Kier alpha value is -1.88. The van der Waals surface area contributed by atoms with Gasteiger partial charge in [-0.15, -0.1) is 11.3 Å². The van der Waals surface area contributed by atoms with Crippen molar-refractivity contribution in [1.82, 2.24) is 9.88 Å². The van der Waals surface area contributed by atoms with Crippen LogP contribution in [0.1, 0.15) is 27.9 Å². The largest absolute Gasteiger partial charge is 0.491 e. The van der Waals surface area contributed by atoms with Gasteiger partial charge in [-0.1, -0.05) is 0 Å². The van der Waals surface area contributed by atoms with Gasteiger partial charge in [0.15, 0.2) is 11.4 Å². The molecule has 0 aliphatic carbocycles. The number of amides is 1. The summed E-state index contributed by atoms with van der Waals surface area (Å²) in [5.74, 6) is 0.414. The zero-order valence-corrected chi connectivity index (χ0v) is 12.7. The summed E-state index contributed by atoms with van der Waals surface area (Å²) in [5, 5.41) is 2.04. The van der Waals surface area contributed by atoms with Crippen molar-refractivity contribution >= 4 is 17.2 Å². The summed E-state index contributed by atoms with van der Waals surface area (Å²) in [4.78, 5) is 19.5. The molecule has 0 N–H and O–H groups in total. The molecule has 2 aromatic heterocycles. The average Bonchev–Trinajstić information content (AvgIpc) is 2.84. The summed E-state index contributed by atoms with van der Waals surface area (Å²) >= 11 is 1.66. The Balaban J connectivity index is 2.16. The first kappa shape index (κ1) is 14.5. The molecular formula is C15H18N2O2S. The molecule has 0 unspecified atom stereocenters. The van der Waals surface area contributed by atoms with Gasteiger partial charge >= 0.3 is 0 Å². The molecule has 2 rings (SSSR count). The lowest BCUT2D eigenvalue weighted by atomic mass is 10.2. The Morgan fingerprint density at radius 2 is 2.25 bits per heavy atom. The van der Waals surface area contributed by atoms with E-state index in [-0.39, 0.29) is 5.91 Å². The Morgan fingerprint density at radius 1 is 1.45 bits per heavy atom. The van der Waals surface area contributed by atoms with Crippen LogP contribution in [0.15, 0.2) is 29.8 Å². The number of thiophene rings is 1. The van der Waals surface area contributed by atoms with Crippen molar-refractivity contribution in [3.63, 3.8) is 0 Å². The van der Waals surface area contributed by atoms with Crippen molar-refractivity contribution in [2.75, 3.05) is 13.7 Å². The normalized spacial score (nSPS) is 10.3. The number of ether oxygens (including phenoxy) is 1. The number of rotatable bonds is 5. The molecule has 0 bridgehead atoms. The maximum Gasteiger partial charge on any atom is 0.276 e. The van der Waals surface area contributed by atoms with E-state index in [0.29, 0.717) is 24.6 Å². The van der Waals surface area contributed by atoms with E-state index >= 15 is 0 Å². The molecule has 2 aromatic rings. The van der Waals surface area contributed by atoms with Crippen LogP contribution < -0.4 is 4.74 Å². The molecule has 106 valence electrons. The second-order valence-corrected chi connectivity index (χ2v) is 5.47. The maximum absolute atomic E-state index is 12.5. The van der Waals surface area contributed by atoms with Gasteiger partial charge in [-0.3, -0.25) is 4.79 Å². The number of aryl methyl sites for hydroxylation is 1. The van der Waals surface area contributed by atoms with Crippen molar-refractivity contribution in [2.24, 2.45) is 0 Å². The highest BCUT2D eigenvalue weighted by Gasteiger charge is 2.19. The summed E-state index contributed by atoms with van der Waals surface area (Å²) in [6.07, 6.45) is 1.61. The number of carbonyl (C=O) groups excluding carboxylic acids is 1. The molecule has 0 saturated heterocycles. The minimum absolute atomic E-state index is 0.123. The van der Waals surface area contributed by atoms with E-state index in [4.69, 9.17) is 4.74 Å². The van der Waals surface area contributed by atoms with Gasteiger partial charge in [0.2, 0.25) is 0 Å². The highest BCUT2D eigenvalue weighted by atomic mass is 32.1. The Labute approximate surface area is 123 Å². The fraction of sp³-hybridized carbons (Fsp3) is 0.333. The van der Waals surface area contributed by atoms with Gasteiger partial charge in [0.1, 0.15) is 0 Å². The fourth-order valence-corrected chi connectivity index (χ4v) is 2.82. The molecule has 0 radical (unpaired) electrons. The molecule has 0 aromatic carbocycles. The van der Waals surface area contributed by atoms with E-state index in [1.165, 1.54) is 10.4 Å². The first-order valence-corrected chi connectivity index (χ1v) is 7.37. The molecule has 2 heterocycles. The number of carbonyl (C=O) groups is 1. The summed E-state index contributed by atoms with van der Waals surface area (Å²) in [5.41, 5.74) is 1.58. The molecule has 0 atom stereocenters. The van der Waals surface area contributed by atoms with E-state index in [9.17, 15) is 4.79 Å². The van der Waals surface area contributed by atoms with E-state index in [2.05, 4.69) is 18.0 Å². The van der Waals surface area contributed by atoms with Crippen molar-refractivity contribution in [1.29, 1.82) is 0 Å². The lowest BCUT2D eigenvalue weighted by Gasteiger charge is -2.18. The topological polar surface area (TPSA) is 42.4 Å². The molecule has 5 heteroatoms. The van der Waals surface area contributed by atoms with Gasteiger partial charge in [-0.25, -0.2) is 4.98 Å². The van der Waals surface area contributed by atoms with Crippen LogP contribution in [0.2, 0.25) is 0 Å². The summed E-state index contributed by atoms with van der Waals surface area (Å²) < 4.78 is 5.46. The Morgan fingerprint density at radius 3 is 2.90 bits per heavy atom. The number of aromatic nitrogens is 1. The predicted octanol–water partition coefficient (Wildman–Crippen LogP) is 3.12. The Kier molecular flexibility index (Phi) is 4.74. The summed E-state index contributed by atoms with van der Waals surface area (Å²) in [6, 6.07) is 5.60. The number of hydrogen-bond acceptors (Lipinski definition) is 4. The first-order valence-electron chi connectivity index (χ1n) is 6.49. The highest BCUT2D eigenvalue weighted by molar-refractivity contribution is 7.10. The standard InChI is InChI=1S/C15H18N2O2S/c1-4-19-12-6-5-8-16-14(12)15(18)17(3)10-13-11(2)7-9-20-13/h5-9H,4,10H2,1-3H3. The Bertz CT molecular complexity index is 595. The summed E-state index contributed by atoms with van der Waals surface area (Å²) in [6.45, 7) is 5.04. The molecule has 1 amide bonds. The molecule has 0 fully saturated rings. The lowest BCUT2D eigenvalue weighted by Crippen LogP contribution is -2.27. The fourth-order valence-electron chi connectivity index (χ4n) is 1.86. The van der Waals surface area contributed by atoms with Gasteiger partial charge in [-0.2, -0.15) is 0 Å². The van der Waals surface area contributed by atoms with Crippen molar-refractivity contribution in [3.8, 4) is 5.75 Å². The van der Waals surface area contributed by atoms with E-state index in [1.54, 1.807) is 41.6 Å². The number of nitrogens with zero attached hydrogens (tertiary/aromatic N) is 2. The van der Waals surface area contributed by atoms with E-state index < -0.39 is 0 Å². The van der Waals surface area contributed by atoms with Crippen LogP contribution in [0.5, 0.6) is 5.75 Å². The smallest absolute Gasteiger partial charge is 0.276 e. The van der Waals surface area contributed by atoms with Gasteiger partial charge in [0.25, 0.3) is 5.91 Å². The van der Waals surface area contributed by atoms with Crippen molar-refractivity contribution < 1.29 is 9.53 Å². The third-order valence-corrected chi connectivity index (χ3v) is 3.98. The molecule has 0 spiro atoms. The van der Waals surface area contributed by atoms with Gasteiger partial charge in [0.05, 0.1) is 13.2 Å². The molecule has 4 nitrogen and oxygen atoms in total. The van der Waals surface area contributed by atoms with Gasteiger partial charge < -0.3 is 9.64 Å². The van der Waals surface area contributed by atoms with E-state index in [0.717, 1.165) is 0 Å². The molecule has 0 aliphatic heterocycles.